The van der Waals surface area contributed by atoms with E-state index in [1.54, 1.807) is 0 Å². The predicted octanol–water partition coefficient (Wildman–Crippen LogP) is 9.10. The Labute approximate surface area is 245 Å². The third-order valence-electron chi connectivity index (χ3n) is 13.9. The molecule has 6 aliphatic rings. The van der Waals surface area contributed by atoms with E-state index in [2.05, 4.69) is 34.6 Å². The number of ether oxygens (including phenoxy) is 3. The van der Waals surface area contributed by atoms with Crippen LogP contribution in [0.5, 0.6) is 0 Å². The Balaban J connectivity index is 1.05. The highest BCUT2D eigenvalue weighted by molar-refractivity contribution is 5.69. The van der Waals surface area contributed by atoms with Crippen molar-refractivity contribution in [1.29, 1.82) is 0 Å². The van der Waals surface area contributed by atoms with E-state index >= 15 is 0 Å². The van der Waals surface area contributed by atoms with Crippen LogP contribution in [0.1, 0.15) is 144 Å². The molecule has 4 nitrogen and oxygen atoms in total. The van der Waals surface area contributed by atoms with Gasteiger partial charge in [0, 0.05) is 18.8 Å². The number of unbranched alkanes of at least 4 members (excludes halogenated alkanes) is 5. The molecule has 228 valence electrons. The summed E-state index contributed by atoms with van der Waals surface area (Å²) in [5, 5.41) is 0. The Morgan fingerprint density at radius 3 is 2.40 bits per heavy atom. The largest absolute Gasteiger partial charge is 0.462 e. The Kier molecular flexibility index (Phi) is 8.45. The van der Waals surface area contributed by atoms with Gasteiger partial charge in [0.15, 0.2) is 5.79 Å². The lowest BCUT2D eigenvalue weighted by atomic mass is 9.44. The van der Waals surface area contributed by atoms with Crippen LogP contribution in [0.25, 0.3) is 0 Å². The van der Waals surface area contributed by atoms with Crippen molar-refractivity contribution in [2.24, 2.45) is 52.3 Å². The monoisotopic (exact) mass is 556 g/mol. The maximum absolute atomic E-state index is 12.6. The van der Waals surface area contributed by atoms with Crippen molar-refractivity contribution in [2.45, 2.75) is 162 Å². The average molecular weight is 557 g/mol. The number of esters is 1. The summed E-state index contributed by atoms with van der Waals surface area (Å²) in [7, 11) is 0. The fraction of sp³-hybridized carbons (Fsp3) is 0.972. The van der Waals surface area contributed by atoms with E-state index in [0.717, 1.165) is 56.0 Å². The van der Waals surface area contributed by atoms with Crippen molar-refractivity contribution < 1.29 is 19.0 Å². The number of hydrogen-bond donors (Lipinski definition) is 0. The first-order chi connectivity index (χ1) is 19.2. The van der Waals surface area contributed by atoms with Gasteiger partial charge in [-0.3, -0.25) is 4.79 Å². The summed E-state index contributed by atoms with van der Waals surface area (Å²) in [6, 6.07) is 0. The molecule has 0 aromatic rings. The minimum atomic E-state index is -0.304. The van der Waals surface area contributed by atoms with Crippen LogP contribution in [0.15, 0.2) is 0 Å². The molecular formula is C36H60O4. The molecule has 6 fully saturated rings. The highest BCUT2D eigenvalue weighted by Crippen LogP contribution is 2.71. The third-order valence-corrected chi connectivity index (χ3v) is 13.9. The predicted molar refractivity (Wildman–Crippen MR) is 160 cm³/mol. The van der Waals surface area contributed by atoms with E-state index in [-0.39, 0.29) is 17.9 Å². The van der Waals surface area contributed by atoms with Gasteiger partial charge in [-0.25, -0.2) is 0 Å². The van der Waals surface area contributed by atoms with Gasteiger partial charge in [-0.1, -0.05) is 66.7 Å². The van der Waals surface area contributed by atoms with Crippen LogP contribution in [-0.2, 0) is 19.0 Å². The molecule has 40 heavy (non-hydrogen) atoms. The first-order valence-electron chi connectivity index (χ1n) is 17.7. The summed E-state index contributed by atoms with van der Waals surface area (Å²) in [5.41, 5.74) is 0.814. The van der Waals surface area contributed by atoms with Gasteiger partial charge in [0.25, 0.3) is 0 Å². The van der Waals surface area contributed by atoms with Gasteiger partial charge in [0.1, 0.15) is 6.10 Å². The van der Waals surface area contributed by atoms with Crippen LogP contribution >= 0.6 is 0 Å². The lowest BCUT2D eigenvalue weighted by Gasteiger charge is -2.61. The molecule has 12 atom stereocenters. The SMILES string of the molecule is CCCCCCCCC(=O)O[C@@H]1CC[C@@]2(C)[C@H](CC[C@@H]3[C@@H]2CC[C@]2(C)[C@@H]4[C@H](C[C@@H]32)O[C@@]2(CC[C@H](C)CO2)[C@H]4C)C1. The fourth-order valence-electron chi connectivity index (χ4n) is 11.6. The van der Waals surface area contributed by atoms with E-state index in [1.165, 1.54) is 77.0 Å². The van der Waals surface area contributed by atoms with Crippen LogP contribution in [0.2, 0.25) is 0 Å². The fourth-order valence-corrected chi connectivity index (χ4v) is 11.6. The van der Waals surface area contributed by atoms with Crippen LogP contribution < -0.4 is 0 Å². The Hall–Kier alpha value is -0.610. The van der Waals surface area contributed by atoms with Gasteiger partial charge >= 0.3 is 5.97 Å². The van der Waals surface area contributed by atoms with Gasteiger partial charge in [-0.05, 0) is 111 Å². The van der Waals surface area contributed by atoms with Crippen LogP contribution in [-0.4, -0.2) is 30.6 Å². The number of rotatable bonds is 8. The Bertz CT molecular complexity index is 893. The second kappa shape index (κ2) is 11.5. The molecule has 2 heterocycles. The normalized spacial score (nSPS) is 49.7. The van der Waals surface area contributed by atoms with E-state index in [9.17, 15) is 4.79 Å². The molecule has 0 aromatic heterocycles. The van der Waals surface area contributed by atoms with Crippen LogP contribution in [0, 0.1) is 52.3 Å². The summed E-state index contributed by atoms with van der Waals surface area (Å²) in [4.78, 5) is 12.6. The third kappa shape index (κ3) is 5.01. The summed E-state index contributed by atoms with van der Waals surface area (Å²) in [5.74, 6) is 4.77. The zero-order valence-corrected chi connectivity index (χ0v) is 26.6. The van der Waals surface area contributed by atoms with Crippen molar-refractivity contribution in [3.8, 4) is 0 Å². The van der Waals surface area contributed by atoms with Gasteiger partial charge in [0.2, 0.25) is 0 Å². The molecule has 0 aromatic carbocycles. The number of hydrogen-bond acceptors (Lipinski definition) is 4. The first kappa shape index (κ1) is 29.5. The van der Waals surface area contributed by atoms with Gasteiger partial charge < -0.3 is 14.2 Å². The number of fused-ring (bicyclic) bond motifs is 7. The van der Waals surface area contributed by atoms with Gasteiger partial charge in [-0.2, -0.15) is 0 Å². The molecule has 4 aliphatic carbocycles. The summed E-state index contributed by atoms with van der Waals surface area (Å²) >= 11 is 0. The van der Waals surface area contributed by atoms with E-state index in [4.69, 9.17) is 14.2 Å². The molecule has 2 saturated heterocycles. The zero-order chi connectivity index (χ0) is 28.1. The zero-order valence-electron chi connectivity index (χ0n) is 26.6. The van der Waals surface area contributed by atoms with Gasteiger partial charge in [-0.15, -0.1) is 0 Å². The lowest BCUT2D eigenvalue weighted by Crippen LogP contribution is -2.55. The van der Waals surface area contributed by atoms with Crippen molar-refractivity contribution in [3.63, 3.8) is 0 Å². The van der Waals surface area contributed by atoms with Crippen molar-refractivity contribution >= 4 is 5.97 Å². The minimum absolute atomic E-state index is 0.0620. The summed E-state index contributed by atoms with van der Waals surface area (Å²) in [6.07, 6.45) is 20.9. The Morgan fingerprint density at radius 2 is 1.62 bits per heavy atom. The highest BCUT2D eigenvalue weighted by atomic mass is 16.7. The summed E-state index contributed by atoms with van der Waals surface area (Å²) in [6.45, 7) is 13.2. The topological polar surface area (TPSA) is 44.8 Å². The minimum Gasteiger partial charge on any atom is -0.462 e. The number of carbonyl (C=O) groups excluding carboxylic acids is 1. The second-order valence-corrected chi connectivity index (χ2v) is 16.1. The maximum atomic E-state index is 12.6. The molecule has 4 heteroatoms. The van der Waals surface area contributed by atoms with Crippen LogP contribution in [0.4, 0.5) is 0 Å². The van der Waals surface area contributed by atoms with Crippen molar-refractivity contribution in [1.82, 2.24) is 0 Å². The van der Waals surface area contributed by atoms with E-state index in [1.807, 2.05) is 0 Å². The van der Waals surface area contributed by atoms with Crippen LogP contribution in [0.3, 0.4) is 0 Å². The molecule has 6 rings (SSSR count). The molecule has 0 N–H and O–H groups in total. The molecule has 0 amide bonds. The molecule has 0 unspecified atom stereocenters. The first-order valence-corrected chi connectivity index (χ1v) is 17.7. The quantitative estimate of drug-likeness (QED) is 0.221. The van der Waals surface area contributed by atoms with E-state index < -0.39 is 0 Å². The van der Waals surface area contributed by atoms with Crippen molar-refractivity contribution in [3.05, 3.63) is 0 Å². The highest BCUT2D eigenvalue weighted by Gasteiger charge is 2.69. The molecular weight excluding hydrogens is 496 g/mol. The second-order valence-electron chi connectivity index (χ2n) is 16.1. The molecule has 0 bridgehead atoms. The smallest absolute Gasteiger partial charge is 0.306 e. The molecule has 1 spiro atoms. The van der Waals surface area contributed by atoms with E-state index in [0.29, 0.717) is 41.1 Å². The number of carbonyl (C=O) groups is 1. The standard InChI is InChI=1S/C36H60O4/c1-6-7-8-9-10-11-12-32(37)39-27-16-18-34(4)26(21-27)13-14-28-29(34)17-19-35(5)30(28)22-31-33(35)25(3)36(40-31)20-15-24(2)23-38-36/h24-31,33H,6-23H2,1-5H3/t24-,25-,26+,27+,28+,29-,30-,31-,33-,34-,35-,36-/m0/s1. The molecule has 4 saturated carbocycles. The molecule has 0 radical (unpaired) electrons. The average Bonchev–Trinajstić information content (AvgIpc) is 3.38. The van der Waals surface area contributed by atoms with Crippen molar-refractivity contribution in [2.75, 3.05) is 6.61 Å². The van der Waals surface area contributed by atoms with Gasteiger partial charge in [0.05, 0.1) is 12.7 Å². The maximum Gasteiger partial charge on any atom is 0.306 e. The Morgan fingerprint density at radius 1 is 0.850 bits per heavy atom. The lowest BCUT2D eigenvalue weighted by molar-refractivity contribution is -0.273. The molecule has 2 aliphatic heterocycles. The summed E-state index contributed by atoms with van der Waals surface area (Å²) < 4.78 is 19.6.